The minimum atomic E-state index is -0.314. The number of amides is 1. The van der Waals surface area contributed by atoms with Gasteiger partial charge in [0.1, 0.15) is 11.4 Å². The molecule has 3 rings (SSSR count). The van der Waals surface area contributed by atoms with Gasteiger partial charge in [0, 0.05) is 36.6 Å². The lowest BCUT2D eigenvalue weighted by Gasteiger charge is -2.16. The monoisotopic (exact) mass is 300 g/mol. The van der Waals surface area contributed by atoms with Gasteiger partial charge in [-0.1, -0.05) is 0 Å². The summed E-state index contributed by atoms with van der Waals surface area (Å²) in [7, 11) is 0. The SMILES string of the molecule is Cc1cnc([C@H]2CCN(C(=O)c3cc(C)c(C)[nH]c3=O)C2)[nH]1. The number of nitrogens with zero attached hydrogens (tertiary/aromatic N) is 2. The van der Waals surface area contributed by atoms with Gasteiger partial charge in [0.15, 0.2) is 0 Å². The van der Waals surface area contributed by atoms with Crippen molar-refractivity contribution in [1.82, 2.24) is 19.9 Å². The number of carbonyl (C=O) groups is 1. The van der Waals surface area contributed by atoms with E-state index < -0.39 is 0 Å². The molecule has 1 fully saturated rings. The number of aryl methyl sites for hydroxylation is 3. The summed E-state index contributed by atoms with van der Waals surface area (Å²) in [5.41, 5.74) is 2.64. The van der Waals surface area contributed by atoms with E-state index in [0.29, 0.717) is 13.1 Å². The fourth-order valence-corrected chi connectivity index (χ4v) is 2.86. The molecule has 1 saturated heterocycles. The lowest BCUT2D eigenvalue weighted by Crippen LogP contribution is -2.33. The molecule has 3 heterocycles. The number of pyridine rings is 1. The molecule has 116 valence electrons. The zero-order chi connectivity index (χ0) is 15.9. The van der Waals surface area contributed by atoms with E-state index in [1.165, 1.54) is 0 Å². The van der Waals surface area contributed by atoms with Gasteiger partial charge in [0.05, 0.1) is 0 Å². The molecule has 2 aromatic rings. The number of rotatable bonds is 2. The van der Waals surface area contributed by atoms with Gasteiger partial charge in [0.2, 0.25) is 0 Å². The van der Waals surface area contributed by atoms with E-state index >= 15 is 0 Å². The van der Waals surface area contributed by atoms with Gasteiger partial charge in [0.25, 0.3) is 11.5 Å². The van der Waals surface area contributed by atoms with Crippen molar-refractivity contribution in [3.05, 3.63) is 51.0 Å². The maximum absolute atomic E-state index is 12.6. The van der Waals surface area contributed by atoms with Gasteiger partial charge in [-0.3, -0.25) is 9.59 Å². The van der Waals surface area contributed by atoms with Crippen LogP contribution in [0.2, 0.25) is 0 Å². The summed E-state index contributed by atoms with van der Waals surface area (Å²) in [5, 5.41) is 0. The second-order valence-corrected chi connectivity index (χ2v) is 6.01. The molecule has 1 aliphatic rings. The number of aromatic nitrogens is 3. The number of H-pyrrole nitrogens is 2. The standard InChI is InChI=1S/C16H20N4O2/c1-9-6-13(15(21)19-11(9)3)16(22)20-5-4-12(8-20)14-17-7-10(2)18-14/h6-7,12H,4-5,8H2,1-3H3,(H,17,18)(H,19,21)/t12-/m0/s1. The topological polar surface area (TPSA) is 81.8 Å². The normalized spacial score (nSPS) is 18.0. The molecule has 2 N–H and O–H groups in total. The van der Waals surface area contributed by atoms with E-state index in [1.807, 2.05) is 20.8 Å². The largest absolute Gasteiger partial charge is 0.346 e. The molecule has 1 atom stereocenters. The molecule has 0 unspecified atom stereocenters. The first-order valence-electron chi connectivity index (χ1n) is 7.47. The first kappa shape index (κ1) is 14.6. The smallest absolute Gasteiger partial charge is 0.261 e. The van der Waals surface area contributed by atoms with Crippen LogP contribution in [0.1, 0.15) is 45.5 Å². The molecule has 0 bridgehead atoms. The summed E-state index contributed by atoms with van der Waals surface area (Å²) in [5.74, 6) is 0.931. The molecular weight excluding hydrogens is 280 g/mol. The number of aromatic amines is 2. The van der Waals surface area contributed by atoms with Gasteiger partial charge < -0.3 is 14.9 Å². The zero-order valence-electron chi connectivity index (χ0n) is 13.1. The van der Waals surface area contributed by atoms with Crippen LogP contribution in [0.15, 0.2) is 17.1 Å². The third-order valence-electron chi connectivity index (χ3n) is 4.31. The maximum atomic E-state index is 12.6. The number of imidazole rings is 1. The third kappa shape index (κ3) is 2.56. The molecule has 2 aromatic heterocycles. The van der Waals surface area contributed by atoms with Crippen LogP contribution in [0.4, 0.5) is 0 Å². The van der Waals surface area contributed by atoms with Crippen LogP contribution in [0.5, 0.6) is 0 Å². The number of likely N-dealkylation sites (tertiary alicyclic amines) is 1. The van der Waals surface area contributed by atoms with Crippen LogP contribution in [0.3, 0.4) is 0 Å². The van der Waals surface area contributed by atoms with Crippen molar-refractivity contribution in [2.24, 2.45) is 0 Å². The van der Waals surface area contributed by atoms with Crippen LogP contribution in [0, 0.1) is 20.8 Å². The van der Waals surface area contributed by atoms with Crippen molar-refractivity contribution in [2.75, 3.05) is 13.1 Å². The van der Waals surface area contributed by atoms with E-state index in [4.69, 9.17) is 0 Å². The van der Waals surface area contributed by atoms with Gasteiger partial charge >= 0.3 is 0 Å². The maximum Gasteiger partial charge on any atom is 0.261 e. The molecule has 6 heteroatoms. The summed E-state index contributed by atoms with van der Waals surface area (Å²) in [6.45, 7) is 6.92. The molecule has 6 nitrogen and oxygen atoms in total. The van der Waals surface area contributed by atoms with Crippen LogP contribution in [-0.4, -0.2) is 38.8 Å². The predicted octanol–water partition coefficient (Wildman–Crippen LogP) is 1.65. The Morgan fingerprint density at radius 1 is 1.32 bits per heavy atom. The number of hydrogen-bond donors (Lipinski definition) is 2. The van der Waals surface area contributed by atoms with E-state index in [-0.39, 0.29) is 22.9 Å². The van der Waals surface area contributed by atoms with Crippen LogP contribution in [-0.2, 0) is 0 Å². The Bertz CT molecular complexity index is 775. The first-order valence-corrected chi connectivity index (χ1v) is 7.47. The van der Waals surface area contributed by atoms with Gasteiger partial charge in [-0.15, -0.1) is 0 Å². The van der Waals surface area contributed by atoms with Crippen molar-refractivity contribution in [3.63, 3.8) is 0 Å². The highest BCUT2D eigenvalue weighted by Crippen LogP contribution is 2.25. The minimum absolute atomic E-state index is 0.199. The van der Waals surface area contributed by atoms with E-state index in [2.05, 4.69) is 15.0 Å². The zero-order valence-corrected chi connectivity index (χ0v) is 13.1. The average Bonchev–Trinajstić information content (AvgIpc) is 3.10. The number of hydrogen-bond acceptors (Lipinski definition) is 3. The van der Waals surface area contributed by atoms with Crippen molar-refractivity contribution in [1.29, 1.82) is 0 Å². The third-order valence-corrected chi connectivity index (χ3v) is 4.31. The van der Waals surface area contributed by atoms with Gasteiger partial charge in [-0.05, 0) is 38.8 Å². The molecule has 0 saturated carbocycles. The Kier molecular flexibility index (Phi) is 3.60. The van der Waals surface area contributed by atoms with Crippen molar-refractivity contribution in [3.8, 4) is 0 Å². The fourth-order valence-electron chi connectivity index (χ4n) is 2.86. The molecule has 0 spiro atoms. The highest BCUT2D eigenvalue weighted by atomic mass is 16.2. The van der Waals surface area contributed by atoms with Crippen molar-refractivity contribution >= 4 is 5.91 Å². The summed E-state index contributed by atoms with van der Waals surface area (Å²) >= 11 is 0. The highest BCUT2D eigenvalue weighted by molar-refractivity contribution is 5.94. The quantitative estimate of drug-likeness (QED) is 0.885. The summed E-state index contributed by atoms with van der Waals surface area (Å²) in [6, 6.07) is 1.68. The molecular formula is C16H20N4O2. The minimum Gasteiger partial charge on any atom is -0.346 e. The van der Waals surface area contributed by atoms with E-state index in [1.54, 1.807) is 17.2 Å². The summed E-state index contributed by atoms with van der Waals surface area (Å²) in [6.07, 6.45) is 2.66. The van der Waals surface area contributed by atoms with Crippen molar-refractivity contribution < 1.29 is 4.79 Å². The Morgan fingerprint density at radius 2 is 2.09 bits per heavy atom. The van der Waals surface area contributed by atoms with Crippen LogP contribution < -0.4 is 5.56 Å². The molecule has 1 aliphatic heterocycles. The van der Waals surface area contributed by atoms with E-state index in [0.717, 1.165) is 29.2 Å². The second kappa shape index (κ2) is 5.44. The average molecular weight is 300 g/mol. The predicted molar refractivity (Wildman–Crippen MR) is 83.1 cm³/mol. The Balaban J connectivity index is 1.80. The van der Waals surface area contributed by atoms with E-state index in [9.17, 15) is 9.59 Å². The number of carbonyl (C=O) groups excluding carboxylic acids is 1. The Labute approximate surface area is 128 Å². The summed E-state index contributed by atoms with van der Waals surface area (Å²) in [4.78, 5) is 36.7. The molecule has 0 radical (unpaired) electrons. The molecule has 0 aromatic carbocycles. The van der Waals surface area contributed by atoms with Crippen LogP contribution in [0.25, 0.3) is 0 Å². The lowest BCUT2D eigenvalue weighted by molar-refractivity contribution is 0.0788. The second-order valence-electron chi connectivity index (χ2n) is 6.01. The van der Waals surface area contributed by atoms with Crippen LogP contribution >= 0.6 is 0 Å². The fraction of sp³-hybridized carbons (Fsp3) is 0.438. The first-order chi connectivity index (χ1) is 10.5. The summed E-state index contributed by atoms with van der Waals surface area (Å²) < 4.78 is 0. The molecule has 22 heavy (non-hydrogen) atoms. The molecule has 0 aliphatic carbocycles. The van der Waals surface area contributed by atoms with Crippen molar-refractivity contribution in [2.45, 2.75) is 33.1 Å². The molecule has 1 amide bonds. The Morgan fingerprint density at radius 3 is 2.77 bits per heavy atom. The van der Waals surface area contributed by atoms with Gasteiger partial charge in [-0.25, -0.2) is 4.98 Å². The Hall–Kier alpha value is -2.37. The lowest BCUT2D eigenvalue weighted by atomic mass is 10.1. The van der Waals surface area contributed by atoms with Gasteiger partial charge in [-0.2, -0.15) is 0 Å². The number of nitrogens with one attached hydrogen (secondary N) is 2. The highest BCUT2D eigenvalue weighted by Gasteiger charge is 2.30.